The van der Waals surface area contributed by atoms with Crippen molar-refractivity contribution >= 4 is 0 Å². The van der Waals surface area contributed by atoms with Crippen LogP contribution in [-0.2, 0) is 13.6 Å². The van der Waals surface area contributed by atoms with Crippen molar-refractivity contribution in [3.63, 3.8) is 0 Å². The van der Waals surface area contributed by atoms with Crippen molar-refractivity contribution in [1.82, 2.24) is 14.7 Å². The Morgan fingerprint density at radius 3 is 2.70 bits per heavy atom. The van der Waals surface area contributed by atoms with Crippen LogP contribution in [0.25, 0.3) is 0 Å². The monoisotopic (exact) mass is 275 g/mol. The van der Waals surface area contributed by atoms with Crippen LogP contribution in [-0.4, -0.2) is 32.4 Å². The quantitative estimate of drug-likeness (QED) is 0.929. The molecule has 0 amide bonds. The van der Waals surface area contributed by atoms with Crippen LogP contribution < -0.4 is 0 Å². The van der Waals surface area contributed by atoms with Crippen LogP contribution in [0.15, 0.2) is 36.5 Å². The molecular formula is C15H18FN3O. The van der Waals surface area contributed by atoms with E-state index in [9.17, 15) is 9.50 Å². The number of aliphatic hydroxyl groups excluding tert-OH is 1. The van der Waals surface area contributed by atoms with E-state index in [2.05, 4.69) is 10.00 Å². The van der Waals surface area contributed by atoms with Crippen LogP contribution in [0.3, 0.4) is 0 Å². The van der Waals surface area contributed by atoms with Gasteiger partial charge in [-0.2, -0.15) is 5.10 Å². The van der Waals surface area contributed by atoms with Gasteiger partial charge in [0.15, 0.2) is 0 Å². The Hall–Kier alpha value is -1.72. The standard InChI is InChI=1S/C15H18FN3O/c1-18-13(6-7-17-18)9-19-10-14(20)8-15(19)11-2-4-12(16)5-3-11/h2-7,14-15,20H,8-10H2,1H3/t14-,15-/m0/s1. The minimum Gasteiger partial charge on any atom is -0.392 e. The molecule has 1 fully saturated rings. The first-order valence-electron chi connectivity index (χ1n) is 6.78. The van der Waals surface area contributed by atoms with Crippen molar-refractivity contribution in [2.75, 3.05) is 6.54 Å². The summed E-state index contributed by atoms with van der Waals surface area (Å²) in [6, 6.07) is 8.65. The van der Waals surface area contributed by atoms with Crippen molar-refractivity contribution in [2.45, 2.75) is 25.1 Å². The predicted octanol–water partition coefficient (Wildman–Crippen LogP) is 1.87. The zero-order valence-corrected chi connectivity index (χ0v) is 11.4. The number of likely N-dealkylation sites (tertiary alicyclic amines) is 1. The van der Waals surface area contributed by atoms with Gasteiger partial charge >= 0.3 is 0 Å². The van der Waals surface area contributed by atoms with E-state index >= 15 is 0 Å². The number of hydrogen-bond acceptors (Lipinski definition) is 3. The summed E-state index contributed by atoms with van der Waals surface area (Å²) < 4.78 is 14.9. The van der Waals surface area contributed by atoms with E-state index in [4.69, 9.17) is 0 Å². The van der Waals surface area contributed by atoms with E-state index in [0.29, 0.717) is 13.0 Å². The Bertz CT molecular complexity index is 581. The molecule has 0 aliphatic carbocycles. The van der Waals surface area contributed by atoms with Gasteiger partial charge in [0.25, 0.3) is 0 Å². The first kappa shape index (κ1) is 13.3. The highest BCUT2D eigenvalue weighted by molar-refractivity contribution is 5.22. The van der Waals surface area contributed by atoms with Gasteiger partial charge in [-0.05, 0) is 30.2 Å². The molecule has 3 rings (SSSR count). The fourth-order valence-electron chi connectivity index (χ4n) is 2.85. The molecule has 0 radical (unpaired) electrons. The van der Waals surface area contributed by atoms with E-state index < -0.39 is 0 Å². The Morgan fingerprint density at radius 1 is 1.30 bits per heavy atom. The lowest BCUT2D eigenvalue weighted by atomic mass is 10.0. The summed E-state index contributed by atoms with van der Waals surface area (Å²) in [4.78, 5) is 2.22. The highest BCUT2D eigenvalue weighted by atomic mass is 19.1. The molecule has 5 heteroatoms. The van der Waals surface area contributed by atoms with Crippen molar-refractivity contribution in [3.8, 4) is 0 Å². The van der Waals surface area contributed by atoms with Crippen molar-refractivity contribution < 1.29 is 9.50 Å². The minimum atomic E-state index is -0.335. The maximum Gasteiger partial charge on any atom is 0.123 e. The van der Waals surface area contributed by atoms with Gasteiger partial charge in [-0.1, -0.05) is 12.1 Å². The van der Waals surface area contributed by atoms with E-state index in [1.165, 1.54) is 12.1 Å². The molecule has 0 bridgehead atoms. The molecule has 1 N–H and O–H groups in total. The molecule has 1 aliphatic heterocycles. The van der Waals surface area contributed by atoms with Gasteiger partial charge in [0.05, 0.1) is 11.8 Å². The van der Waals surface area contributed by atoms with Crippen LogP contribution in [0.5, 0.6) is 0 Å². The average Bonchev–Trinajstić information content (AvgIpc) is 2.98. The molecular weight excluding hydrogens is 257 g/mol. The molecule has 1 saturated heterocycles. The molecule has 106 valence electrons. The molecule has 1 aromatic carbocycles. The summed E-state index contributed by atoms with van der Waals surface area (Å²) in [5.41, 5.74) is 2.15. The van der Waals surface area contributed by atoms with Crippen molar-refractivity contribution in [3.05, 3.63) is 53.6 Å². The van der Waals surface area contributed by atoms with E-state index in [1.54, 1.807) is 18.3 Å². The second kappa shape index (κ2) is 5.34. The topological polar surface area (TPSA) is 41.3 Å². The van der Waals surface area contributed by atoms with Crippen LogP contribution in [0.4, 0.5) is 4.39 Å². The predicted molar refractivity (Wildman–Crippen MR) is 73.4 cm³/mol. The molecule has 20 heavy (non-hydrogen) atoms. The second-order valence-electron chi connectivity index (χ2n) is 5.33. The number of rotatable bonds is 3. The summed E-state index contributed by atoms with van der Waals surface area (Å²) in [7, 11) is 1.91. The highest BCUT2D eigenvalue weighted by Gasteiger charge is 2.32. The van der Waals surface area contributed by atoms with Gasteiger partial charge in [0, 0.05) is 32.4 Å². The summed E-state index contributed by atoms with van der Waals surface area (Å²) >= 11 is 0. The van der Waals surface area contributed by atoms with Gasteiger partial charge in [-0.15, -0.1) is 0 Å². The molecule has 1 aromatic heterocycles. The number of aromatic nitrogens is 2. The number of nitrogens with zero attached hydrogens (tertiary/aromatic N) is 3. The van der Waals surface area contributed by atoms with Crippen LogP contribution in [0.1, 0.15) is 23.7 Å². The molecule has 2 heterocycles. The molecule has 4 nitrogen and oxygen atoms in total. The fourth-order valence-corrected chi connectivity index (χ4v) is 2.85. The number of aryl methyl sites for hydroxylation is 1. The highest BCUT2D eigenvalue weighted by Crippen LogP contribution is 2.33. The Kier molecular flexibility index (Phi) is 3.54. The summed E-state index contributed by atoms with van der Waals surface area (Å²) in [6.45, 7) is 1.36. The largest absolute Gasteiger partial charge is 0.392 e. The third kappa shape index (κ3) is 2.59. The first-order valence-corrected chi connectivity index (χ1v) is 6.78. The molecule has 0 unspecified atom stereocenters. The zero-order chi connectivity index (χ0) is 14.1. The van der Waals surface area contributed by atoms with Crippen LogP contribution >= 0.6 is 0 Å². The molecule has 2 aromatic rings. The van der Waals surface area contributed by atoms with Crippen molar-refractivity contribution in [1.29, 1.82) is 0 Å². The maximum absolute atomic E-state index is 13.0. The number of aliphatic hydroxyl groups is 1. The van der Waals surface area contributed by atoms with E-state index in [1.807, 2.05) is 17.8 Å². The van der Waals surface area contributed by atoms with Crippen molar-refractivity contribution in [2.24, 2.45) is 7.05 Å². The summed E-state index contributed by atoms with van der Waals surface area (Å²) in [5.74, 6) is -0.231. The maximum atomic E-state index is 13.0. The van der Waals surface area contributed by atoms with Gasteiger partial charge in [0.1, 0.15) is 5.82 Å². The lowest BCUT2D eigenvalue weighted by molar-refractivity contribution is 0.171. The third-order valence-corrected chi connectivity index (χ3v) is 3.92. The lowest BCUT2D eigenvalue weighted by Crippen LogP contribution is -2.25. The third-order valence-electron chi connectivity index (χ3n) is 3.92. The number of hydrogen-bond donors (Lipinski definition) is 1. The Morgan fingerprint density at radius 2 is 2.05 bits per heavy atom. The summed E-state index contributed by atoms with van der Waals surface area (Å²) in [6.07, 6.45) is 2.12. The van der Waals surface area contributed by atoms with E-state index in [0.717, 1.165) is 17.8 Å². The SMILES string of the molecule is Cn1nccc1CN1C[C@@H](O)C[C@H]1c1ccc(F)cc1. The van der Waals surface area contributed by atoms with Crippen LogP contribution in [0.2, 0.25) is 0 Å². The molecule has 1 aliphatic rings. The van der Waals surface area contributed by atoms with E-state index in [-0.39, 0.29) is 18.0 Å². The fraction of sp³-hybridized carbons (Fsp3) is 0.400. The van der Waals surface area contributed by atoms with Gasteiger partial charge in [-0.25, -0.2) is 4.39 Å². The van der Waals surface area contributed by atoms with Gasteiger partial charge in [0.2, 0.25) is 0 Å². The normalized spacial score (nSPS) is 23.4. The lowest BCUT2D eigenvalue weighted by Gasteiger charge is -2.24. The number of halogens is 1. The Labute approximate surface area is 117 Å². The Balaban J connectivity index is 1.81. The second-order valence-corrected chi connectivity index (χ2v) is 5.33. The minimum absolute atomic E-state index is 0.125. The molecule has 0 spiro atoms. The molecule has 0 saturated carbocycles. The number of β-amino-alcohol motifs (C(OH)–C–C–N with tert-alkyl or cyclic N) is 1. The summed E-state index contributed by atoms with van der Waals surface area (Å²) in [5, 5.41) is 14.1. The average molecular weight is 275 g/mol. The first-order chi connectivity index (χ1) is 9.63. The van der Waals surface area contributed by atoms with Gasteiger partial charge in [-0.3, -0.25) is 9.58 Å². The van der Waals surface area contributed by atoms with Crippen LogP contribution in [0, 0.1) is 5.82 Å². The number of benzene rings is 1. The smallest absolute Gasteiger partial charge is 0.123 e. The molecule has 2 atom stereocenters. The zero-order valence-electron chi connectivity index (χ0n) is 11.4. The van der Waals surface area contributed by atoms with Gasteiger partial charge < -0.3 is 5.11 Å².